The summed E-state index contributed by atoms with van der Waals surface area (Å²) in [6.07, 6.45) is -0.191. The zero-order valence-electron chi connectivity index (χ0n) is 13.1. The Bertz CT molecular complexity index is 948. The van der Waals surface area contributed by atoms with Crippen molar-refractivity contribution in [2.45, 2.75) is 16.6 Å². The van der Waals surface area contributed by atoms with E-state index in [0.29, 0.717) is 10.4 Å². The number of hydrogen-bond donors (Lipinski definition) is 0. The minimum Gasteiger partial charge on any atom is -0.294 e. The van der Waals surface area contributed by atoms with Gasteiger partial charge in [-0.15, -0.1) is 11.3 Å². The van der Waals surface area contributed by atoms with Crippen molar-refractivity contribution in [2.75, 3.05) is 0 Å². The first-order chi connectivity index (χ1) is 12.0. The van der Waals surface area contributed by atoms with E-state index in [2.05, 4.69) is 0 Å². The third-order valence-corrected chi connectivity index (χ3v) is 7.08. The zero-order valence-corrected chi connectivity index (χ0v) is 14.8. The molecule has 0 aliphatic rings. The molecule has 0 amide bonds. The smallest absolute Gasteiger partial charge is 0.186 e. The number of rotatable bonds is 6. The molecule has 1 atom stereocenters. The minimum absolute atomic E-state index is 0.181. The fraction of sp³-hybridized carbons (Fsp3) is 0.105. The Labute approximate surface area is 149 Å². The average Bonchev–Trinajstić information content (AvgIpc) is 3.15. The molecule has 0 aliphatic heterocycles. The number of Topliss-reactive ketones (excluding diaryl/α,β-unsaturated/α-hetero) is 1. The molecule has 3 nitrogen and oxygen atoms in total. The quantitative estimate of drug-likeness (QED) is 0.589. The molecule has 0 fully saturated rings. The SMILES string of the molecule is O=C(C[C@H](c1cccs1)S(=O)(=O)c1ccccc1)c1ccc(F)cc1. The van der Waals surface area contributed by atoms with E-state index in [4.69, 9.17) is 0 Å². The molecule has 3 rings (SSSR count). The van der Waals surface area contributed by atoms with Gasteiger partial charge in [0.15, 0.2) is 15.6 Å². The van der Waals surface area contributed by atoms with Gasteiger partial charge in [0, 0.05) is 16.9 Å². The summed E-state index contributed by atoms with van der Waals surface area (Å²) in [5.41, 5.74) is 0.297. The number of carbonyl (C=O) groups is 1. The van der Waals surface area contributed by atoms with Crippen molar-refractivity contribution in [1.29, 1.82) is 0 Å². The first-order valence-corrected chi connectivity index (χ1v) is 10.0. The van der Waals surface area contributed by atoms with Gasteiger partial charge in [0.05, 0.1) is 4.90 Å². The highest BCUT2D eigenvalue weighted by atomic mass is 32.2. The maximum Gasteiger partial charge on any atom is 0.186 e. The van der Waals surface area contributed by atoms with E-state index in [0.717, 1.165) is 0 Å². The van der Waals surface area contributed by atoms with Crippen molar-refractivity contribution >= 4 is 27.0 Å². The topological polar surface area (TPSA) is 51.2 Å². The van der Waals surface area contributed by atoms with Crippen LogP contribution in [0.4, 0.5) is 4.39 Å². The number of halogens is 1. The summed E-state index contributed by atoms with van der Waals surface area (Å²) in [4.78, 5) is 13.3. The van der Waals surface area contributed by atoms with E-state index in [9.17, 15) is 17.6 Å². The first-order valence-electron chi connectivity index (χ1n) is 7.59. The molecule has 25 heavy (non-hydrogen) atoms. The summed E-state index contributed by atoms with van der Waals surface area (Å²) >= 11 is 1.30. The van der Waals surface area contributed by atoms with Crippen LogP contribution < -0.4 is 0 Å². The van der Waals surface area contributed by atoms with Crippen molar-refractivity contribution in [3.05, 3.63) is 88.4 Å². The maximum absolute atomic E-state index is 13.0. The third kappa shape index (κ3) is 3.86. The minimum atomic E-state index is -3.72. The lowest BCUT2D eigenvalue weighted by atomic mass is 10.1. The molecule has 0 unspecified atom stereocenters. The van der Waals surface area contributed by atoms with Crippen LogP contribution in [-0.4, -0.2) is 14.2 Å². The standard InChI is InChI=1S/C19H15FO3S2/c20-15-10-8-14(9-11-15)17(21)13-19(18-7-4-12-24-18)25(22,23)16-5-2-1-3-6-16/h1-12,19H,13H2/t19-/m1/s1. The van der Waals surface area contributed by atoms with Crippen LogP contribution in [-0.2, 0) is 9.84 Å². The van der Waals surface area contributed by atoms with Gasteiger partial charge < -0.3 is 0 Å². The predicted octanol–water partition coefficient (Wildman–Crippen LogP) is 4.68. The van der Waals surface area contributed by atoms with E-state index < -0.39 is 20.9 Å². The van der Waals surface area contributed by atoms with Gasteiger partial charge in [0.1, 0.15) is 11.1 Å². The van der Waals surface area contributed by atoms with Gasteiger partial charge in [-0.25, -0.2) is 12.8 Å². The van der Waals surface area contributed by atoms with Crippen molar-refractivity contribution in [3.63, 3.8) is 0 Å². The second-order valence-corrected chi connectivity index (χ2v) is 8.61. The van der Waals surface area contributed by atoms with Crippen LogP contribution in [0.3, 0.4) is 0 Å². The van der Waals surface area contributed by atoms with Gasteiger partial charge in [-0.2, -0.15) is 0 Å². The number of ketones is 1. The van der Waals surface area contributed by atoms with E-state index in [1.165, 1.54) is 47.7 Å². The lowest BCUT2D eigenvalue weighted by Gasteiger charge is -2.16. The molecule has 0 spiro atoms. The molecule has 0 radical (unpaired) electrons. The van der Waals surface area contributed by atoms with Crippen LogP contribution in [0.5, 0.6) is 0 Å². The number of benzene rings is 2. The highest BCUT2D eigenvalue weighted by molar-refractivity contribution is 7.91. The van der Waals surface area contributed by atoms with Crippen LogP contribution in [0, 0.1) is 5.82 Å². The Kier molecular flexibility index (Phi) is 5.11. The van der Waals surface area contributed by atoms with E-state index in [1.807, 2.05) is 0 Å². The largest absolute Gasteiger partial charge is 0.294 e. The lowest BCUT2D eigenvalue weighted by molar-refractivity contribution is 0.0981. The molecule has 128 valence electrons. The Hall–Kier alpha value is -2.31. The molecule has 1 aromatic heterocycles. The van der Waals surface area contributed by atoms with Crippen LogP contribution in [0.25, 0.3) is 0 Å². The first kappa shape index (κ1) is 17.5. The predicted molar refractivity (Wildman–Crippen MR) is 96.0 cm³/mol. The molecule has 0 saturated heterocycles. The van der Waals surface area contributed by atoms with Crippen LogP contribution in [0.2, 0.25) is 0 Å². The molecule has 0 N–H and O–H groups in total. The van der Waals surface area contributed by atoms with Crippen LogP contribution in [0.1, 0.15) is 26.9 Å². The van der Waals surface area contributed by atoms with Gasteiger partial charge in [-0.05, 0) is 47.8 Å². The lowest BCUT2D eigenvalue weighted by Crippen LogP contribution is -2.17. The molecular weight excluding hydrogens is 359 g/mol. The van der Waals surface area contributed by atoms with Crippen molar-refractivity contribution < 1.29 is 17.6 Å². The molecule has 3 aromatic rings. The molecule has 2 aromatic carbocycles. The fourth-order valence-electron chi connectivity index (χ4n) is 2.53. The van der Waals surface area contributed by atoms with E-state index in [-0.39, 0.29) is 17.1 Å². The summed E-state index contributed by atoms with van der Waals surface area (Å²) in [5.74, 6) is -0.777. The number of carbonyl (C=O) groups excluding carboxylic acids is 1. The molecule has 6 heteroatoms. The monoisotopic (exact) mass is 374 g/mol. The Morgan fingerprint density at radius 3 is 2.24 bits per heavy atom. The van der Waals surface area contributed by atoms with E-state index in [1.54, 1.807) is 35.7 Å². The average molecular weight is 374 g/mol. The van der Waals surface area contributed by atoms with Crippen molar-refractivity contribution in [3.8, 4) is 0 Å². The zero-order chi connectivity index (χ0) is 17.9. The van der Waals surface area contributed by atoms with Crippen molar-refractivity contribution in [1.82, 2.24) is 0 Å². The van der Waals surface area contributed by atoms with Gasteiger partial charge in [-0.1, -0.05) is 24.3 Å². The van der Waals surface area contributed by atoms with Gasteiger partial charge in [-0.3, -0.25) is 4.79 Å². The molecule has 0 bridgehead atoms. The van der Waals surface area contributed by atoms with Crippen LogP contribution >= 0.6 is 11.3 Å². The Morgan fingerprint density at radius 2 is 1.64 bits per heavy atom. The summed E-state index contributed by atoms with van der Waals surface area (Å²) in [5, 5.41) is 0.818. The summed E-state index contributed by atoms with van der Waals surface area (Å²) in [6, 6.07) is 16.7. The summed E-state index contributed by atoms with van der Waals surface area (Å²) in [7, 11) is -3.72. The normalized spacial score (nSPS) is 12.7. The number of hydrogen-bond acceptors (Lipinski definition) is 4. The highest BCUT2D eigenvalue weighted by Gasteiger charge is 2.32. The summed E-state index contributed by atoms with van der Waals surface area (Å²) in [6.45, 7) is 0. The second-order valence-electron chi connectivity index (χ2n) is 5.50. The van der Waals surface area contributed by atoms with Crippen molar-refractivity contribution in [2.24, 2.45) is 0 Å². The fourth-order valence-corrected chi connectivity index (χ4v) is 5.41. The number of sulfone groups is 1. The van der Waals surface area contributed by atoms with Crippen LogP contribution in [0.15, 0.2) is 77.0 Å². The molecule has 0 aliphatic carbocycles. The van der Waals surface area contributed by atoms with Gasteiger partial charge >= 0.3 is 0 Å². The maximum atomic E-state index is 13.0. The number of thiophene rings is 1. The molecule has 1 heterocycles. The Balaban J connectivity index is 1.96. The molecule has 0 saturated carbocycles. The van der Waals surface area contributed by atoms with E-state index >= 15 is 0 Å². The van der Waals surface area contributed by atoms with Gasteiger partial charge in [0.2, 0.25) is 0 Å². The Morgan fingerprint density at radius 1 is 0.960 bits per heavy atom. The summed E-state index contributed by atoms with van der Waals surface area (Å²) < 4.78 is 39.1. The van der Waals surface area contributed by atoms with Gasteiger partial charge in [0.25, 0.3) is 0 Å². The second kappa shape index (κ2) is 7.29. The third-order valence-electron chi connectivity index (χ3n) is 3.84. The molecular formula is C19H15FO3S2. The highest BCUT2D eigenvalue weighted by Crippen LogP contribution is 2.35.